The Hall–Kier alpha value is -2.84. The van der Waals surface area contributed by atoms with Crippen LogP contribution in [0.15, 0.2) is 17.1 Å². The highest BCUT2D eigenvalue weighted by molar-refractivity contribution is 5.80. The van der Waals surface area contributed by atoms with Crippen molar-refractivity contribution in [2.45, 2.75) is 20.3 Å². The van der Waals surface area contributed by atoms with Crippen LogP contribution in [0.1, 0.15) is 19.4 Å². The smallest absolute Gasteiger partial charge is 0.409 e. The highest BCUT2D eigenvalue weighted by atomic mass is 16.6. The van der Waals surface area contributed by atoms with Crippen molar-refractivity contribution in [2.75, 3.05) is 67.2 Å². The summed E-state index contributed by atoms with van der Waals surface area (Å²) in [5.41, 5.74) is 1.00. The van der Waals surface area contributed by atoms with E-state index in [0.29, 0.717) is 63.0 Å². The van der Waals surface area contributed by atoms with Crippen molar-refractivity contribution in [1.82, 2.24) is 15.1 Å². The van der Waals surface area contributed by atoms with Gasteiger partial charge in [-0.2, -0.15) is 0 Å². The monoisotopic (exact) mass is 422 g/mol. The number of rotatable bonds is 8. The molecule has 2 rings (SSSR count). The van der Waals surface area contributed by atoms with Crippen molar-refractivity contribution in [3.63, 3.8) is 0 Å². The second kappa shape index (κ2) is 12.0. The summed E-state index contributed by atoms with van der Waals surface area (Å²) in [5, 5.41) is 3.34. The van der Waals surface area contributed by atoms with Crippen molar-refractivity contribution >= 4 is 12.1 Å². The number of carbonyl (C=O) groups is 1. The van der Waals surface area contributed by atoms with E-state index in [4.69, 9.17) is 23.9 Å². The molecule has 1 aromatic rings. The molecule has 1 aromatic carbocycles. The minimum atomic E-state index is -0.250. The number of benzene rings is 1. The van der Waals surface area contributed by atoms with Crippen LogP contribution in [0, 0.1) is 0 Å². The number of piperazine rings is 1. The van der Waals surface area contributed by atoms with E-state index in [0.717, 1.165) is 18.1 Å². The molecule has 1 amide bonds. The lowest BCUT2D eigenvalue weighted by atomic mass is 10.1. The van der Waals surface area contributed by atoms with Crippen molar-refractivity contribution < 1.29 is 23.7 Å². The normalized spacial score (nSPS) is 14.4. The molecule has 0 atom stereocenters. The van der Waals surface area contributed by atoms with Gasteiger partial charge in [0.2, 0.25) is 5.75 Å². The third-order valence-electron chi connectivity index (χ3n) is 4.87. The van der Waals surface area contributed by atoms with E-state index >= 15 is 0 Å². The average Bonchev–Trinajstić information content (AvgIpc) is 2.78. The number of aliphatic imine (C=N–C) groups is 1. The van der Waals surface area contributed by atoms with Crippen molar-refractivity contribution in [2.24, 2.45) is 4.99 Å². The molecule has 30 heavy (non-hydrogen) atoms. The highest BCUT2D eigenvalue weighted by Crippen LogP contribution is 2.39. The zero-order valence-corrected chi connectivity index (χ0v) is 18.7. The standard InChI is InChI=1S/C21H34N4O5/c1-6-22-20(24-12-14-25(15-13-24)21(26)30-7-2)23-11-10-16-8-9-17(27-3)19(29-5)18(16)28-4/h8-9H,6-7,10-15H2,1-5H3,(H,22,23). The highest BCUT2D eigenvalue weighted by Gasteiger charge is 2.23. The van der Waals surface area contributed by atoms with E-state index in [1.54, 1.807) is 26.2 Å². The van der Waals surface area contributed by atoms with Crippen LogP contribution in [0.5, 0.6) is 17.2 Å². The SMILES string of the molecule is CCNC(=NCCc1ccc(OC)c(OC)c1OC)N1CCN(C(=O)OCC)CC1. The second-order valence-corrected chi connectivity index (χ2v) is 6.65. The molecule has 1 aliphatic rings. The van der Waals surface area contributed by atoms with E-state index in [1.165, 1.54) is 0 Å². The Morgan fingerprint density at radius 3 is 2.23 bits per heavy atom. The van der Waals surface area contributed by atoms with Gasteiger partial charge in [-0.3, -0.25) is 4.99 Å². The maximum atomic E-state index is 11.9. The molecule has 1 N–H and O–H groups in total. The number of carbonyl (C=O) groups excluding carboxylic acids is 1. The number of amides is 1. The van der Waals surface area contributed by atoms with E-state index in [-0.39, 0.29) is 6.09 Å². The fraction of sp³-hybridized carbons (Fsp3) is 0.619. The van der Waals surface area contributed by atoms with Crippen LogP contribution >= 0.6 is 0 Å². The lowest BCUT2D eigenvalue weighted by Gasteiger charge is -2.35. The van der Waals surface area contributed by atoms with Gasteiger partial charge in [0.1, 0.15) is 0 Å². The van der Waals surface area contributed by atoms with Gasteiger partial charge in [-0.05, 0) is 26.3 Å². The summed E-state index contributed by atoms with van der Waals surface area (Å²) in [6, 6.07) is 3.85. The zero-order valence-electron chi connectivity index (χ0n) is 18.7. The molecule has 0 aliphatic carbocycles. The van der Waals surface area contributed by atoms with Gasteiger partial charge in [-0.1, -0.05) is 6.07 Å². The van der Waals surface area contributed by atoms with Crippen LogP contribution in [-0.4, -0.2) is 89.1 Å². The van der Waals surface area contributed by atoms with E-state index in [9.17, 15) is 4.79 Å². The third-order valence-corrected chi connectivity index (χ3v) is 4.87. The van der Waals surface area contributed by atoms with Crippen LogP contribution < -0.4 is 19.5 Å². The molecule has 1 saturated heterocycles. The summed E-state index contributed by atoms with van der Waals surface area (Å²) in [4.78, 5) is 20.6. The molecule has 0 unspecified atom stereocenters. The van der Waals surface area contributed by atoms with Gasteiger partial charge in [0.25, 0.3) is 0 Å². The van der Waals surface area contributed by atoms with Crippen LogP contribution in [-0.2, 0) is 11.2 Å². The third kappa shape index (κ3) is 5.84. The number of nitrogens with one attached hydrogen (secondary N) is 1. The summed E-state index contributed by atoms with van der Waals surface area (Å²) >= 11 is 0. The Labute approximate surface area is 178 Å². The van der Waals surface area contributed by atoms with Crippen molar-refractivity contribution in [3.8, 4) is 17.2 Å². The van der Waals surface area contributed by atoms with E-state index in [1.807, 2.05) is 26.0 Å². The summed E-state index contributed by atoms with van der Waals surface area (Å²) in [6.07, 6.45) is 0.445. The lowest BCUT2D eigenvalue weighted by Crippen LogP contribution is -2.54. The molecular weight excluding hydrogens is 388 g/mol. The molecule has 0 saturated carbocycles. The Morgan fingerprint density at radius 1 is 1.00 bits per heavy atom. The molecule has 9 heteroatoms. The van der Waals surface area contributed by atoms with Gasteiger partial charge in [0, 0.05) is 44.8 Å². The van der Waals surface area contributed by atoms with Gasteiger partial charge in [0.15, 0.2) is 17.5 Å². The van der Waals surface area contributed by atoms with Gasteiger partial charge < -0.3 is 34.1 Å². The molecule has 0 spiro atoms. The number of methoxy groups -OCH3 is 3. The zero-order chi connectivity index (χ0) is 21.9. The Kier molecular flexibility index (Phi) is 9.37. The number of hydrogen-bond donors (Lipinski definition) is 1. The summed E-state index contributed by atoms with van der Waals surface area (Å²) in [5.74, 6) is 2.73. The molecule has 9 nitrogen and oxygen atoms in total. The lowest BCUT2D eigenvalue weighted by molar-refractivity contribution is 0.0914. The van der Waals surface area contributed by atoms with Gasteiger partial charge in [-0.25, -0.2) is 4.79 Å². The molecular formula is C21H34N4O5. The Morgan fingerprint density at radius 2 is 1.67 bits per heavy atom. The fourth-order valence-electron chi connectivity index (χ4n) is 3.38. The van der Waals surface area contributed by atoms with Gasteiger partial charge >= 0.3 is 6.09 Å². The molecule has 0 aromatic heterocycles. The molecule has 1 aliphatic heterocycles. The topological polar surface area (TPSA) is 84.9 Å². The van der Waals surface area contributed by atoms with Crippen LogP contribution in [0.4, 0.5) is 4.79 Å². The van der Waals surface area contributed by atoms with Gasteiger partial charge in [-0.15, -0.1) is 0 Å². The van der Waals surface area contributed by atoms with Crippen molar-refractivity contribution in [3.05, 3.63) is 17.7 Å². The van der Waals surface area contributed by atoms with Crippen LogP contribution in [0.3, 0.4) is 0 Å². The summed E-state index contributed by atoms with van der Waals surface area (Å²) in [6.45, 7) is 8.28. The Balaban J connectivity index is 2.03. The predicted octanol–water partition coefficient (Wildman–Crippen LogP) is 1.99. The van der Waals surface area contributed by atoms with Crippen LogP contribution in [0.25, 0.3) is 0 Å². The second-order valence-electron chi connectivity index (χ2n) is 6.65. The number of nitrogens with zero attached hydrogens (tertiary/aromatic N) is 3. The summed E-state index contributed by atoms with van der Waals surface area (Å²) in [7, 11) is 4.82. The molecule has 0 bridgehead atoms. The predicted molar refractivity (Wildman–Crippen MR) is 116 cm³/mol. The molecule has 1 fully saturated rings. The van der Waals surface area contributed by atoms with E-state index < -0.39 is 0 Å². The average molecular weight is 423 g/mol. The molecule has 168 valence electrons. The minimum absolute atomic E-state index is 0.250. The fourth-order valence-corrected chi connectivity index (χ4v) is 3.38. The first-order valence-electron chi connectivity index (χ1n) is 10.3. The summed E-state index contributed by atoms with van der Waals surface area (Å²) < 4.78 is 21.4. The quantitative estimate of drug-likeness (QED) is 0.507. The van der Waals surface area contributed by atoms with Gasteiger partial charge in [0.05, 0.1) is 27.9 Å². The van der Waals surface area contributed by atoms with Crippen LogP contribution in [0.2, 0.25) is 0 Å². The first-order valence-corrected chi connectivity index (χ1v) is 10.3. The maximum absolute atomic E-state index is 11.9. The Bertz CT molecular complexity index is 718. The molecule has 1 heterocycles. The number of ether oxygens (including phenoxy) is 4. The minimum Gasteiger partial charge on any atom is -0.493 e. The van der Waals surface area contributed by atoms with E-state index in [2.05, 4.69) is 10.2 Å². The molecule has 0 radical (unpaired) electrons. The van der Waals surface area contributed by atoms with Crippen molar-refractivity contribution in [1.29, 1.82) is 0 Å². The number of hydrogen-bond acceptors (Lipinski definition) is 6. The number of guanidine groups is 1. The maximum Gasteiger partial charge on any atom is 0.409 e. The first-order chi connectivity index (χ1) is 14.6. The largest absolute Gasteiger partial charge is 0.493 e. The first kappa shape index (κ1) is 23.4.